The standard InChI is InChI=1S/C15H13BrFNO2/c1-9-4-3-5-13(17)14(9)18-15(19)11-8-10(20-2)6-7-12(11)16/h3-8H,1-2H3,(H,18,19). The first-order valence-electron chi connectivity index (χ1n) is 5.93. The van der Waals surface area contributed by atoms with Crippen LogP contribution in [0.4, 0.5) is 10.1 Å². The molecular weight excluding hydrogens is 325 g/mol. The number of hydrogen-bond donors (Lipinski definition) is 1. The van der Waals surface area contributed by atoms with E-state index in [1.165, 1.54) is 13.2 Å². The Morgan fingerprint density at radius 3 is 2.70 bits per heavy atom. The number of hydrogen-bond acceptors (Lipinski definition) is 2. The van der Waals surface area contributed by atoms with Crippen molar-refractivity contribution in [3.05, 3.63) is 57.8 Å². The highest BCUT2D eigenvalue weighted by Gasteiger charge is 2.14. The lowest BCUT2D eigenvalue weighted by atomic mass is 10.1. The summed E-state index contributed by atoms with van der Waals surface area (Å²) in [5, 5.41) is 2.59. The van der Waals surface area contributed by atoms with Crippen LogP contribution in [0.15, 0.2) is 40.9 Å². The van der Waals surface area contributed by atoms with Gasteiger partial charge in [-0.3, -0.25) is 4.79 Å². The minimum Gasteiger partial charge on any atom is -0.497 e. The molecule has 0 unspecified atom stereocenters. The molecular formula is C15H13BrFNO2. The molecule has 104 valence electrons. The second-order valence-corrected chi connectivity index (χ2v) is 5.09. The number of ether oxygens (including phenoxy) is 1. The number of methoxy groups -OCH3 is 1. The fourth-order valence-corrected chi connectivity index (χ4v) is 2.20. The molecule has 0 atom stereocenters. The van der Waals surface area contributed by atoms with Crippen LogP contribution in [0.5, 0.6) is 5.75 Å². The van der Waals surface area contributed by atoms with Crippen LogP contribution in [-0.4, -0.2) is 13.0 Å². The second kappa shape index (κ2) is 6.05. The van der Waals surface area contributed by atoms with Crippen LogP contribution in [0, 0.1) is 12.7 Å². The summed E-state index contributed by atoms with van der Waals surface area (Å²) in [6, 6.07) is 9.68. The van der Waals surface area contributed by atoms with Crippen molar-refractivity contribution in [3.63, 3.8) is 0 Å². The summed E-state index contributed by atoms with van der Waals surface area (Å²) in [6.45, 7) is 1.74. The van der Waals surface area contributed by atoms with Crippen LogP contribution >= 0.6 is 15.9 Å². The Balaban J connectivity index is 2.33. The third-order valence-electron chi connectivity index (χ3n) is 2.88. The molecule has 0 radical (unpaired) electrons. The van der Waals surface area contributed by atoms with E-state index < -0.39 is 11.7 Å². The van der Waals surface area contributed by atoms with Gasteiger partial charge in [-0.05, 0) is 52.7 Å². The number of aryl methyl sites for hydroxylation is 1. The monoisotopic (exact) mass is 337 g/mol. The Morgan fingerprint density at radius 1 is 1.30 bits per heavy atom. The zero-order valence-electron chi connectivity index (χ0n) is 11.0. The molecule has 1 amide bonds. The highest BCUT2D eigenvalue weighted by atomic mass is 79.9. The number of benzene rings is 2. The molecule has 20 heavy (non-hydrogen) atoms. The lowest BCUT2D eigenvalue weighted by Gasteiger charge is -2.11. The van der Waals surface area contributed by atoms with Gasteiger partial charge in [0.2, 0.25) is 0 Å². The SMILES string of the molecule is COc1ccc(Br)c(C(=O)Nc2c(C)cccc2F)c1. The van der Waals surface area contributed by atoms with E-state index in [0.29, 0.717) is 21.3 Å². The number of anilines is 1. The maximum absolute atomic E-state index is 13.7. The molecule has 5 heteroatoms. The quantitative estimate of drug-likeness (QED) is 0.913. The van der Waals surface area contributed by atoms with Crippen LogP contribution < -0.4 is 10.1 Å². The Hall–Kier alpha value is -1.88. The van der Waals surface area contributed by atoms with Crippen molar-refractivity contribution in [3.8, 4) is 5.75 Å². The van der Waals surface area contributed by atoms with Crippen LogP contribution in [0.3, 0.4) is 0 Å². The summed E-state index contributed by atoms with van der Waals surface area (Å²) in [5.41, 5.74) is 1.23. The van der Waals surface area contributed by atoms with Gasteiger partial charge in [0.1, 0.15) is 11.6 Å². The van der Waals surface area contributed by atoms with Gasteiger partial charge in [-0.1, -0.05) is 12.1 Å². The molecule has 2 rings (SSSR count). The van der Waals surface area contributed by atoms with Gasteiger partial charge in [-0.25, -0.2) is 4.39 Å². The van der Waals surface area contributed by atoms with Crippen molar-refractivity contribution in [2.75, 3.05) is 12.4 Å². The van der Waals surface area contributed by atoms with E-state index in [1.807, 2.05) is 0 Å². The maximum Gasteiger partial charge on any atom is 0.257 e. The van der Waals surface area contributed by atoms with Crippen LogP contribution in [0.25, 0.3) is 0 Å². The first-order chi connectivity index (χ1) is 9.52. The van der Waals surface area contributed by atoms with E-state index in [2.05, 4.69) is 21.2 Å². The normalized spacial score (nSPS) is 10.2. The van der Waals surface area contributed by atoms with Gasteiger partial charge >= 0.3 is 0 Å². The Kier molecular flexibility index (Phi) is 4.39. The average molecular weight is 338 g/mol. The van der Waals surface area contributed by atoms with E-state index >= 15 is 0 Å². The first kappa shape index (κ1) is 14.5. The van der Waals surface area contributed by atoms with E-state index in [1.54, 1.807) is 37.3 Å². The van der Waals surface area contributed by atoms with Crippen LogP contribution in [0.2, 0.25) is 0 Å². The first-order valence-corrected chi connectivity index (χ1v) is 6.72. The second-order valence-electron chi connectivity index (χ2n) is 4.23. The van der Waals surface area contributed by atoms with Gasteiger partial charge in [0.15, 0.2) is 0 Å². The minimum absolute atomic E-state index is 0.187. The molecule has 2 aromatic rings. The van der Waals surface area contributed by atoms with E-state index in [0.717, 1.165) is 0 Å². The predicted octanol–water partition coefficient (Wildman–Crippen LogP) is 4.16. The molecule has 0 fully saturated rings. The number of carbonyl (C=O) groups excluding carboxylic acids is 1. The van der Waals surface area contributed by atoms with Crippen molar-refractivity contribution in [2.24, 2.45) is 0 Å². The lowest BCUT2D eigenvalue weighted by Crippen LogP contribution is -2.14. The smallest absolute Gasteiger partial charge is 0.257 e. The van der Waals surface area contributed by atoms with Crippen LogP contribution in [-0.2, 0) is 0 Å². The molecule has 0 aromatic heterocycles. The average Bonchev–Trinajstić information content (AvgIpc) is 2.43. The van der Waals surface area contributed by atoms with E-state index in [9.17, 15) is 9.18 Å². The zero-order chi connectivity index (χ0) is 14.7. The minimum atomic E-state index is -0.461. The summed E-state index contributed by atoms with van der Waals surface area (Å²) >= 11 is 3.30. The van der Waals surface area contributed by atoms with Gasteiger partial charge in [-0.15, -0.1) is 0 Å². The number of nitrogens with one attached hydrogen (secondary N) is 1. The predicted molar refractivity (Wildman–Crippen MR) is 79.8 cm³/mol. The summed E-state index contributed by atoms with van der Waals surface area (Å²) < 4.78 is 19.4. The largest absolute Gasteiger partial charge is 0.497 e. The number of amides is 1. The molecule has 0 heterocycles. The molecule has 1 N–H and O–H groups in total. The molecule has 0 saturated heterocycles. The number of para-hydroxylation sites is 1. The highest BCUT2D eigenvalue weighted by molar-refractivity contribution is 9.10. The van der Waals surface area contributed by atoms with Crippen molar-refractivity contribution in [1.29, 1.82) is 0 Å². The van der Waals surface area contributed by atoms with Crippen molar-refractivity contribution in [2.45, 2.75) is 6.92 Å². The van der Waals surface area contributed by atoms with E-state index in [-0.39, 0.29) is 5.69 Å². The molecule has 0 aliphatic rings. The van der Waals surface area contributed by atoms with Crippen molar-refractivity contribution in [1.82, 2.24) is 0 Å². The van der Waals surface area contributed by atoms with Gasteiger partial charge in [0.25, 0.3) is 5.91 Å². The maximum atomic E-state index is 13.7. The lowest BCUT2D eigenvalue weighted by molar-refractivity contribution is 0.102. The molecule has 0 aliphatic heterocycles. The number of halogens is 2. The number of rotatable bonds is 3. The topological polar surface area (TPSA) is 38.3 Å². The molecule has 0 saturated carbocycles. The summed E-state index contributed by atoms with van der Waals surface area (Å²) in [5.74, 6) is -0.301. The molecule has 0 spiro atoms. The van der Waals surface area contributed by atoms with Gasteiger partial charge in [-0.2, -0.15) is 0 Å². The van der Waals surface area contributed by atoms with Gasteiger partial charge in [0, 0.05) is 4.47 Å². The van der Waals surface area contributed by atoms with E-state index in [4.69, 9.17) is 4.74 Å². The van der Waals surface area contributed by atoms with Crippen molar-refractivity contribution >= 4 is 27.5 Å². The van der Waals surface area contributed by atoms with Gasteiger partial charge in [0.05, 0.1) is 18.4 Å². The summed E-state index contributed by atoms with van der Waals surface area (Å²) in [6.07, 6.45) is 0. The Bertz CT molecular complexity index is 638. The summed E-state index contributed by atoms with van der Waals surface area (Å²) in [4.78, 5) is 12.2. The zero-order valence-corrected chi connectivity index (χ0v) is 12.6. The number of carbonyl (C=O) groups is 1. The van der Waals surface area contributed by atoms with Crippen LogP contribution in [0.1, 0.15) is 15.9 Å². The summed E-state index contributed by atoms with van der Waals surface area (Å²) in [7, 11) is 1.52. The molecule has 2 aromatic carbocycles. The molecule has 0 bridgehead atoms. The fraction of sp³-hybridized carbons (Fsp3) is 0.133. The molecule has 3 nitrogen and oxygen atoms in total. The third-order valence-corrected chi connectivity index (χ3v) is 3.57. The van der Waals surface area contributed by atoms with Gasteiger partial charge < -0.3 is 10.1 Å². The Labute approximate surface area is 124 Å². The fourth-order valence-electron chi connectivity index (χ4n) is 1.78. The van der Waals surface area contributed by atoms with Crippen molar-refractivity contribution < 1.29 is 13.9 Å². The Morgan fingerprint density at radius 2 is 2.05 bits per heavy atom. The molecule has 0 aliphatic carbocycles. The third kappa shape index (κ3) is 2.99. The highest BCUT2D eigenvalue weighted by Crippen LogP contribution is 2.25.